The van der Waals surface area contributed by atoms with E-state index in [0.717, 1.165) is 0 Å². The number of carboxylic acids is 1. The summed E-state index contributed by atoms with van der Waals surface area (Å²) in [6, 6.07) is 1.30. The summed E-state index contributed by atoms with van der Waals surface area (Å²) in [6.07, 6.45) is -1.59. The molecule has 1 fully saturated rings. The number of carbonyl (C=O) groups is 1. The largest absolute Gasteiger partial charge is 0.480 e. The SMILES string of the molecule is CO[C@@H]1[C@H](O)[C@@H](CO)O[C@H]1n1ccc(=O)[nH]c1=S.NCC(=O)O. The van der Waals surface area contributed by atoms with Crippen LogP contribution in [0.25, 0.3) is 0 Å². The minimum Gasteiger partial charge on any atom is -0.480 e. The third-order valence-electron chi connectivity index (χ3n) is 3.06. The highest BCUT2D eigenvalue weighted by Crippen LogP contribution is 2.30. The van der Waals surface area contributed by atoms with Crippen molar-refractivity contribution < 1.29 is 29.6 Å². The molecule has 4 atom stereocenters. The van der Waals surface area contributed by atoms with Crippen LogP contribution in [0.2, 0.25) is 0 Å². The van der Waals surface area contributed by atoms with E-state index in [4.69, 9.17) is 31.9 Å². The molecule has 0 amide bonds. The van der Waals surface area contributed by atoms with Gasteiger partial charge in [0.25, 0.3) is 5.56 Å². The first kappa shape index (κ1) is 19.4. The van der Waals surface area contributed by atoms with Crippen LogP contribution >= 0.6 is 12.2 Å². The number of nitrogens with two attached hydrogens (primary N) is 1. The van der Waals surface area contributed by atoms with Crippen LogP contribution < -0.4 is 11.3 Å². The first-order valence-corrected chi connectivity index (χ1v) is 6.97. The number of hydrogen-bond acceptors (Lipinski definition) is 8. The van der Waals surface area contributed by atoms with E-state index in [9.17, 15) is 14.7 Å². The molecule has 1 aromatic heterocycles. The molecule has 23 heavy (non-hydrogen) atoms. The number of hydrogen-bond donors (Lipinski definition) is 5. The van der Waals surface area contributed by atoms with E-state index in [1.165, 1.54) is 23.9 Å². The number of rotatable bonds is 4. The fourth-order valence-electron chi connectivity index (χ4n) is 1.98. The number of aromatic amines is 1. The smallest absolute Gasteiger partial charge is 0.317 e. The van der Waals surface area contributed by atoms with E-state index in [1.807, 2.05) is 0 Å². The second kappa shape index (κ2) is 8.86. The molecular weight excluding hydrogens is 330 g/mol. The molecule has 0 radical (unpaired) electrons. The predicted molar refractivity (Wildman–Crippen MR) is 80.4 cm³/mol. The van der Waals surface area contributed by atoms with Gasteiger partial charge in [0.2, 0.25) is 0 Å². The van der Waals surface area contributed by atoms with Gasteiger partial charge in [-0.25, -0.2) is 0 Å². The van der Waals surface area contributed by atoms with Crippen LogP contribution in [0.1, 0.15) is 6.23 Å². The van der Waals surface area contributed by atoms with E-state index in [2.05, 4.69) is 10.7 Å². The van der Waals surface area contributed by atoms with Crippen molar-refractivity contribution in [2.24, 2.45) is 5.73 Å². The molecular formula is C12H19N3O7S. The van der Waals surface area contributed by atoms with Gasteiger partial charge >= 0.3 is 5.97 Å². The molecule has 1 aromatic rings. The number of ether oxygens (including phenoxy) is 2. The monoisotopic (exact) mass is 349 g/mol. The summed E-state index contributed by atoms with van der Waals surface area (Å²) in [4.78, 5) is 22.8. The maximum absolute atomic E-state index is 11.1. The fraction of sp³-hybridized carbons (Fsp3) is 0.583. The Morgan fingerprint density at radius 2 is 2.22 bits per heavy atom. The van der Waals surface area contributed by atoms with E-state index < -0.39 is 30.5 Å². The Morgan fingerprint density at radius 3 is 2.65 bits per heavy atom. The second-order valence-electron chi connectivity index (χ2n) is 4.55. The number of aliphatic hydroxyl groups excluding tert-OH is 2. The molecule has 0 bridgehead atoms. The van der Waals surface area contributed by atoms with E-state index in [0.29, 0.717) is 0 Å². The molecule has 6 N–H and O–H groups in total. The first-order valence-electron chi connectivity index (χ1n) is 6.56. The van der Waals surface area contributed by atoms with Crippen molar-refractivity contribution in [3.05, 3.63) is 27.4 Å². The maximum Gasteiger partial charge on any atom is 0.317 e. The molecule has 0 aromatic carbocycles. The third kappa shape index (κ3) is 4.92. The zero-order valence-electron chi connectivity index (χ0n) is 12.3. The van der Waals surface area contributed by atoms with Crippen molar-refractivity contribution in [1.82, 2.24) is 9.55 Å². The number of nitrogens with zero attached hydrogens (tertiary/aromatic N) is 1. The zero-order valence-corrected chi connectivity index (χ0v) is 13.1. The lowest BCUT2D eigenvalue weighted by atomic mass is 10.1. The number of aliphatic hydroxyl groups is 2. The van der Waals surface area contributed by atoms with Gasteiger partial charge in [0.1, 0.15) is 18.3 Å². The summed E-state index contributed by atoms with van der Waals surface area (Å²) in [5, 5.41) is 26.6. The molecule has 1 aliphatic heterocycles. The van der Waals surface area contributed by atoms with E-state index >= 15 is 0 Å². The summed E-state index contributed by atoms with van der Waals surface area (Å²) < 4.78 is 12.3. The number of carboxylic acid groups (broad SMARTS) is 1. The predicted octanol–water partition coefficient (Wildman–Crippen LogP) is -1.80. The van der Waals surface area contributed by atoms with E-state index in [1.54, 1.807) is 0 Å². The highest BCUT2D eigenvalue weighted by molar-refractivity contribution is 7.71. The van der Waals surface area contributed by atoms with Crippen molar-refractivity contribution in [2.45, 2.75) is 24.5 Å². The van der Waals surface area contributed by atoms with Gasteiger partial charge < -0.3 is 30.5 Å². The summed E-state index contributed by atoms with van der Waals surface area (Å²) in [5.41, 5.74) is 4.25. The van der Waals surface area contributed by atoms with Gasteiger partial charge in [0.15, 0.2) is 11.0 Å². The summed E-state index contributed by atoms with van der Waals surface area (Å²) in [5.74, 6) is -0.968. The molecule has 2 rings (SSSR count). The average molecular weight is 349 g/mol. The normalized spacial score (nSPS) is 26.4. The lowest BCUT2D eigenvalue weighted by Crippen LogP contribution is -2.35. The lowest BCUT2D eigenvalue weighted by molar-refractivity contribution is -0.135. The third-order valence-corrected chi connectivity index (χ3v) is 3.38. The van der Waals surface area contributed by atoms with Gasteiger partial charge in [0, 0.05) is 19.4 Å². The van der Waals surface area contributed by atoms with Crippen LogP contribution in [0.5, 0.6) is 0 Å². The van der Waals surface area contributed by atoms with Crippen LogP contribution in [0.4, 0.5) is 0 Å². The van der Waals surface area contributed by atoms with Gasteiger partial charge in [-0.2, -0.15) is 0 Å². The van der Waals surface area contributed by atoms with Crippen LogP contribution in [0.3, 0.4) is 0 Å². The van der Waals surface area contributed by atoms with Crippen molar-refractivity contribution >= 4 is 18.2 Å². The first-order chi connectivity index (χ1) is 10.8. The van der Waals surface area contributed by atoms with Crippen LogP contribution in [0.15, 0.2) is 17.1 Å². The number of aromatic nitrogens is 2. The summed E-state index contributed by atoms with van der Waals surface area (Å²) >= 11 is 5.02. The van der Waals surface area contributed by atoms with Crippen molar-refractivity contribution in [1.29, 1.82) is 0 Å². The highest BCUT2D eigenvalue weighted by Gasteiger charge is 2.44. The molecule has 2 heterocycles. The Bertz CT molecular complexity index is 632. The minimum absolute atomic E-state index is 0.167. The average Bonchev–Trinajstić information content (AvgIpc) is 2.83. The topological polar surface area (TPSA) is 160 Å². The van der Waals surface area contributed by atoms with Crippen molar-refractivity contribution in [3.63, 3.8) is 0 Å². The second-order valence-corrected chi connectivity index (χ2v) is 4.94. The lowest BCUT2D eigenvalue weighted by Gasteiger charge is -2.20. The quantitative estimate of drug-likeness (QED) is 0.395. The highest BCUT2D eigenvalue weighted by atomic mass is 32.1. The molecule has 0 saturated carbocycles. The Hall–Kier alpha value is -1.63. The molecule has 130 valence electrons. The standard InChI is InChI=1S/C10H14N2O5S.C2H5NO2/c1-16-8-7(15)5(4-13)17-9(8)12-3-2-6(14)11-10(12)18;3-1-2(4)5/h2-3,5,7-9,13,15H,4H2,1H3,(H,11,14,18);1,3H2,(H,4,5)/t5-,7-,8-,9-;/m1./s1. The van der Waals surface area contributed by atoms with Crippen LogP contribution in [-0.4, -0.2) is 69.4 Å². The Labute approximate surface area is 136 Å². The molecule has 0 aliphatic carbocycles. The summed E-state index contributed by atoms with van der Waals surface area (Å²) in [7, 11) is 1.43. The van der Waals surface area contributed by atoms with Crippen molar-refractivity contribution in [2.75, 3.05) is 20.3 Å². The Balaban J connectivity index is 0.000000463. The Morgan fingerprint density at radius 1 is 1.61 bits per heavy atom. The van der Waals surface area contributed by atoms with Crippen molar-refractivity contribution in [3.8, 4) is 0 Å². The van der Waals surface area contributed by atoms with Crippen LogP contribution in [0, 0.1) is 4.77 Å². The number of methoxy groups -OCH3 is 1. The maximum atomic E-state index is 11.1. The molecule has 10 nitrogen and oxygen atoms in total. The number of aliphatic carboxylic acids is 1. The van der Waals surface area contributed by atoms with Gasteiger partial charge in [-0.05, 0) is 12.2 Å². The Kier molecular flexibility index (Phi) is 7.48. The molecule has 11 heteroatoms. The number of nitrogens with one attached hydrogen (secondary N) is 1. The van der Waals surface area contributed by atoms with Gasteiger partial charge in [-0.1, -0.05) is 0 Å². The minimum atomic E-state index is -0.968. The molecule has 1 saturated heterocycles. The van der Waals surface area contributed by atoms with Crippen LogP contribution in [-0.2, 0) is 14.3 Å². The van der Waals surface area contributed by atoms with E-state index in [-0.39, 0.29) is 23.5 Å². The van der Waals surface area contributed by atoms with Gasteiger partial charge in [-0.15, -0.1) is 0 Å². The number of H-pyrrole nitrogens is 1. The summed E-state index contributed by atoms with van der Waals surface area (Å²) in [6.45, 7) is -0.603. The van der Waals surface area contributed by atoms with Gasteiger partial charge in [-0.3, -0.25) is 19.1 Å². The zero-order chi connectivity index (χ0) is 17.6. The molecule has 0 spiro atoms. The molecule has 0 unspecified atom stereocenters. The van der Waals surface area contributed by atoms with Gasteiger partial charge in [0.05, 0.1) is 13.2 Å². The molecule has 1 aliphatic rings. The fourth-order valence-corrected chi connectivity index (χ4v) is 2.24.